The standard InChI is InChI=1S/C8H11NSe/c1-2-7-10-8-5-3-4-6-9-8/h2,4-6,9H,1,3,7H2. The summed E-state index contributed by atoms with van der Waals surface area (Å²) in [4.78, 5) is 0. The van der Waals surface area contributed by atoms with E-state index in [1.165, 1.54) is 4.60 Å². The van der Waals surface area contributed by atoms with Crippen LogP contribution in [0.1, 0.15) is 6.42 Å². The van der Waals surface area contributed by atoms with Gasteiger partial charge in [-0.3, -0.25) is 0 Å². The third-order valence-electron chi connectivity index (χ3n) is 1.14. The molecule has 0 bridgehead atoms. The number of nitrogens with one attached hydrogen (secondary N) is 1. The van der Waals surface area contributed by atoms with Crippen LogP contribution in [0.4, 0.5) is 0 Å². The van der Waals surface area contributed by atoms with Crippen LogP contribution in [-0.4, -0.2) is 15.0 Å². The summed E-state index contributed by atoms with van der Waals surface area (Å²) >= 11 is 0.576. The molecular weight excluding hydrogens is 189 g/mol. The summed E-state index contributed by atoms with van der Waals surface area (Å²) in [5.41, 5.74) is 0. The predicted molar refractivity (Wildman–Crippen MR) is 45.7 cm³/mol. The Morgan fingerprint density at radius 1 is 1.80 bits per heavy atom. The first kappa shape index (κ1) is 7.64. The van der Waals surface area contributed by atoms with Crippen LogP contribution in [0.25, 0.3) is 0 Å². The molecule has 1 rings (SSSR count). The van der Waals surface area contributed by atoms with Crippen molar-refractivity contribution in [3.05, 3.63) is 35.6 Å². The van der Waals surface area contributed by atoms with Gasteiger partial charge >= 0.3 is 67.6 Å². The van der Waals surface area contributed by atoms with E-state index in [0.717, 1.165) is 11.7 Å². The first-order chi connectivity index (χ1) is 4.93. The van der Waals surface area contributed by atoms with Crippen LogP contribution in [0, 0.1) is 0 Å². The molecule has 1 aliphatic rings. The molecule has 0 aliphatic carbocycles. The average Bonchev–Trinajstić information content (AvgIpc) is 2.03. The summed E-state index contributed by atoms with van der Waals surface area (Å²) in [7, 11) is 0. The second-order valence-electron chi connectivity index (χ2n) is 1.95. The van der Waals surface area contributed by atoms with Crippen molar-refractivity contribution < 1.29 is 0 Å². The van der Waals surface area contributed by atoms with E-state index in [4.69, 9.17) is 0 Å². The van der Waals surface area contributed by atoms with Gasteiger partial charge in [-0.1, -0.05) is 0 Å². The summed E-state index contributed by atoms with van der Waals surface area (Å²) in [5, 5.41) is 4.34. The van der Waals surface area contributed by atoms with Crippen molar-refractivity contribution in [2.75, 3.05) is 0 Å². The Labute approximate surface area is 68.0 Å². The van der Waals surface area contributed by atoms with Gasteiger partial charge in [0.05, 0.1) is 0 Å². The molecule has 0 radical (unpaired) electrons. The van der Waals surface area contributed by atoms with Crippen molar-refractivity contribution in [3.63, 3.8) is 0 Å². The molecular formula is C8H11NSe. The molecule has 0 unspecified atom stereocenters. The second kappa shape index (κ2) is 4.37. The molecule has 10 heavy (non-hydrogen) atoms. The normalized spacial score (nSPS) is 15.8. The van der Waals surface area contributed by atoms with E-state index in [2.05, 4.69) is 24.0 Å². The van der Waals surface area contributed by atoms with Gasteiger partial charge in [0.15, 0.2) is 0 Å². The summed E-state index contributed by atoms with van der Waals surface area (Å²) in [6.07, 6.45) is 9.43. The Hall–Kier alpha value is -0.461. The van der Waals surface area contributed by atoms with Gasteiger partial charge in [-0.2, -0.15) is 0 Å². The van der Waals surface area contributed by atoms with Gasteiger partial charge in [-0.25, -0.2) is 0 Å². The van der Waals surface area contributed by atoms with Crippen LogP contribution in [0.5, 0.6) is 0 Å². The first-order valence-electron chi connectivity index (χ1n) is 3.29. The maximum atomic E-state index is 3.69. The van der Waals surface area contributed by atoms with Crippen molar-refractivity contribution in [2.45, 2.75) is 11.7 Å². The monoisotopic (exact) mass is 201 g/mol. The molecule has 2 heteroatoms. The molecule has 1 nitrogen and oxygen atoms in total. The third kappa shape index (κ3) is 2.42. The van der Waals surface area contributed by atoms with E-state index in [1.54, 1.807) is 0 Å². The minimum atomic E-state index is 0.576. The molecule has 0 aromatic carbocycles. The van der Waals surface area contributed by atoms with Crippen molar-refractivity contribution in [1.82, 2.24) is 5.32 Å². The molecule has 0 aromatic rings. The van der Waals surface area contributed by atoms with Gasteiger partial charge in [0.1, 0.15) is 0 Å². The molecule has 54 valence electrons. The summed E-state index contributed by atoms with van der Waals surface area (Å²) in [5.74, 6) is 0. The number of allylic oxidation sites excluding steroid dienone is 3. The minimum absolute atomic E-state index is 0.576. The van der Waals surface area contributed by atoms with Crippen molar-refractivity contribution in [2.24, 2.45) is 0 Å². The molecule has 0 atom stereocenters. The fourth-order valence-electron chi connectivity index (χ4n) is 0.692. The van der Waals surface area contributed by atoms with Gasteiger partial charge in [-0.15, -0.1) is 0 Å². The van der Waals surface area contributed by atoms with E-state index < -0.39 is 0 Å². The second-order valence-corrected chi connectivity index (χ2v) is 4.18. The zero-order valence-electron chi connectivity index (χ0n) is 5.84. The maximum absolute atomic E-state index is 3.69. The zero-order chi connectivity index (χ0) is 7.23. The van der Waals surface area contributed by atoms with Crippen molar-refractivity contribution in [1.29, 1.82) is 0 Å². The number of hydrogen-bond donors (Lipinski definition) is 1. The summed E-state index contributed by atoms with van der Waals surface area (Å²) in [6, 6.07) is 0. The molecule has 0 fully saturated rings. The van der Waals surface area contributed by atoms with Crippen LogP contribution < -0.4 is 5.32 Å². The fraction of sp³-hybridized carbons (Fsp3) is 0.250. The van der Waals surface area contributed by atoms with Gasteiger partial charge in [0.25, 0.3) is 0 Å². The van der Waals surface area contributed by atoms with Crippen LogP contribution in [0.15, 0.2) is 35.6 Å². The van der Waals surface area contributed by atoms with Crippen LogP contribution in [0.2, 0.25) is 5.32 Å². The number of hydrogen-bond acceptors (Lipinski definition) is 1. The Morgan fingerprint density at radius 3 is 3.30 bits per heavy atom. The quantitative estimate of drug-likeness (QED) is 0.539. The first-order valence-corrected chi connectivity index (χ1v) is 5.35. The molecule has 0 saturated heterocycles. The van der Waals surface area contributed by atoms with E-state index in [9.17, 15) is 0 Å². The third-order valence-corrected chi connectivity index (χ3v) is 3.23. The predicted octanol–water partition coefficient (Wildman–Crippen LogP) is 1.64. The SMILES string of the molecule is C=CC[Se]C1=CCC=CN1. The molecule has 0 aromatic heterocycles. The molecule has 0 spiro atoms. The fourth-order valence-corrected chi connectivity index (χ4v) is 2.08. The van der Waals surface area contributed by atoms with Gasteiger partial charge in [0, 0.05) is 0 Å². The van der Waals surface area contributed by atoms with Crippen LogP contribution >= 0.6 is 0 Å². The molecule has 0 saturated carbocycles. The van der Waals surface area contributed by atoms with E-state index in [0.29, 0.717) is 15.0 Å². The Morgan fingerprint density at radius 2 is 2.70 bits per heavy atom. The Balaban J connectivity index is 2.27. The van der Waals surface area contributed by atoms with Crippen molar-refractivity contribution in [3.8, 4) is 0 Å². The van der Waals surface area contributed by atoms with Crippen LogP contribution in [-0.2, 0) is 0 Å². The van der Waals surface area contributed by atoms with E-state index in [-0.39, 0.29) is 0 Å². The molecule has 1 heterocycles. The molecule has 1 aliphatic heterocycles. The summed E-state index contributed by atoms with van der Waals surface area (Å²) in [6.45, 7) is 3.69. The number of dihydropyridines is 1. The number of rotatable bonds is 3. The van der Waals surface area contributed by atoms with E-state index >= 15 is 0 Å². The Bertz CT molecular complexity index is 170. The van der Waals surface area contributed by atoms with Gasteiger partial charge < -0.3 is 0 Å². The molecule has 0 amide bonds. The summed E-state index contributed by atoms with van der Waals surface area (Å²) < 4.78 is 1.38. The van der Waals surface area contributed by atoms with Crippen molar-refractivity contribution >= 4 is 15.0 Å². The van der Waals surface area contributed by atoms with Gasteiger partial charge in [0.2, 0.25) is 0 Å². The molecule has 1 N–H and O–H groups in total. The van der Waals surface area contributed by atoms with E-state index in [1.807, 2.05) is 12.3 Å². The Kier molecular flexibility index (Phi) is 3.34. The topological polar surface area (TPSA) is 12.0 Å². The van der Waals surface area contributed by atoms with Gasteiger partial charge in [-0.05, 0) is 0 Å². The average molecular weight is 200 g/mol. The van der Waals surface area contributed by atoms with Crippen LogP contribution in [0.3, 0.4) is 0 Å². The zero-order valence-corrected chi connectivity index (χ0v) is 7.55.